The summed E-state index contributed by atoms with van der Waals surface area (Å²) in [6.45, 7) is 4.34. The molecule has 0 unspecified atom stereocenters. The van der Waals surface area contributed by atoms with Crippen LogP contribution in [-0.2, 0) is 6.54 Å². The molecule has 3 N–H and O–H groups in total. The van der Waals surface area contributed by atoms with E-state index in [1.807, 2.05) is 92.7 Å². The van der Waals surface area contributed by atoms with Gasteiger partial charge in [-0.3, -0.25) is 19.9 Å². The van der Waals surface area contributed by atoms with E-state index in [0.29, 0.717) is 12.1 Å². The number of carbonyl (C=O) groups is 1. The van der Waals surface area contributed by atoms with Crippen molar-refractivity contribution in [2.24, 2.45) is 0 Å². The molecule has 3 aromatic heterocycles. The molecule has 3 heterocycles. The molecule has 5 rings (SSSR count). The minimum Gasteiger partial charge on any atom is -0.355 e. The Bertz CT molecular complexity index is 1570. The Kier molecular flexibility index (Phi) is 6.53. The normalized spacial score (nSPS) is 11.2. The van der Waals surface area contributed by atoms with Crippen molar-refractivity contribution in [1.29, 1.82) is 0 Å². The molecule has 36 heavy (non-hydrogen) atoms. The first-order valence-corrected chi connectivity index (χ1v) is 11.7. The van der Waals surface area contributed by atoms with E-state index in [1.165, 1.54) is 0 Å². The molecule has 0 aliphatic carbocycles. The Balaban J connectivity index is 1.32. The highest BCUT2D eigenvalue weighted by Crippen LogP contribution is 2.26. The van der Waals surface area contributed by atoms with Gasteiger partial charge in [0.2, 0.25) is 0 Å². The van der Waals surface area contributed by atoms with E-state index in [0.717, 1.165) is 50.6 Å². The number of aromatic amines is 1. The SMILES string of the molecule is Cc1ccnc(C=Cc2n[nH]c3cc(Nc4ccccc4C(=O)NCc4cccc(C)n4)ccc23)c1. The van der Waals surface area contributed by atoms with Gasteiger partial charge in [0.1, 0.15) is 0 Å². The van der Waals surface area contributed by atoms with E-state index >= 15 is 0 Å². The van der Waals surface area contributed by atoms with Gasteiger partial charge in [0.05, 0.1) is 40.4 Å². The van der Waals surface area contributed by atoms with Gasteiger partial charge in [-0.15, -0.1) is 0 Å². The summed E-state index contributed by atoms with van der Waals surface area (Å²) in [4.78, 5) is 21.7. The highest BCUT2D eigenvalue weighted by atomic mass is 16.1. The average Bonchev–Trinajstić information content (AvgIpc) is 3.29. The summed E-state index contributed by atoms with van der Waals surface area (Å²) in [7, 11) is 0. The lowest BCUT2D eigenvalue weighted by Crippen LogP contribution is -2.24. The molecule has 0 radical (unpaired) electrons. The maximum atomic E-state index is 12.9. The number of benzene rings is 2. The first-order valence-electron chi connectivity index (χ1n) is 11.7. The zero-order valence-electron chi connectivity index (χ0n) is 20.1. The Hall–Kier alpha value is -4.78. The number of para-hydroxylation sites is 1. The van der Waals surface area contributed by atoms with Gasteiger partial charge in [0.25, 0.3) is 5.91 Å². The molecule has 178 valence electrons. The second-order valence-corrected chi connectivity index (χ2v) is 8.58. The minimum absolute atomic E-state index is 0.166. The van der Waals surface area contributed by atoms with Crippen molar-refractivity contribution in [3.05, 3.63) is 113 Å². The molecule has 2 aromatic carbocycles. The number of aromatic nitrogens is 4. The van der Waals surface area contributed by atoms with Gasteiger partial charge >= 0.3 is 0 Å². The van der Waals surface area contributed by atoms with Crippen LogP contribution >= 0.6 is 0 Å². The fraction of sp³-hybridized carbons (Fsp3) is 0.103. The van der Waals surface area contributed by atoms with Crippen molar-refractivity contribution in [1.82, 2.24) is 25.5 Å². The number of rotatable bonds is 7. The summed E-state index contributed by atoms with van der Waals surface area (Å²) in [5.74, 6) is -0.166. The zero-order valence-corrected chi connectivity index (χ0v) is 20.1. The van der Waals surface area contributed by atoms with E-state index in [9.17, 15) is 4.79 Å². The third-order valence-corrected chi connectivity index (χ3v) is 5.77. The van der Waals surface area contributed by atoms with Crippen LogP contribution in [0.4, 0.5) is 11.4 Å². The number of amides is 1. The molecule has 7 nitrogen and oxygen atoms in total. The predicted molar refractivity (Wildman–Crippen MR) is 144 cm³/mol. The number of fused-ring (bicyclic) bond motifs is 1. The summed E-state index contributed by atoms with van der Waals surface area (Å²) in [5, 5.41) is 14.9. The molecular weight excluding hydrogens is 448 g/mol. The summed E-state index contributed by atoms with van der Waals surface area (Å²) < 4.78 is 0. The Morgan fingerprint density at radius 3 is 2.72 bits per heavy atom. The molecule has 0 atom stereocenters. The van der Waals surface area contributed by atoms with Crippen molar-refractivity contribution in [2.45, 2.75) is 20.4 Å². The maximum absolute atomic E-state index is 12.9. The summed E-state index contributed by atoms with van der Waals surface area (Å²) in [5.41, 5.74) is 7.65. The first-order chi connectivity index (χ1) is 17.5. The van der Waals surface area contributed by atoms with Crippen LogP contribution in [0.15, 0.2) is 79.0 Å². The minimum atomic E-state index is -0.166. The third-order valence-electron chi connectivity index (χ3n) is 5.77. The lowest BCUT2D eigenvalue weighted by molar-refractivity contribution is 0.0951. The number of carbonyl (C=O) groups excluding carboxylic acids is 1. The van der Waals surface area contributed by atoms with Gasteiger partial charge in [-0.05, 0) is 86.2 Å². The van der Waals surface area contributed by atoms with Crippen LogP contribution in [0.1, 0.15) is 38.7 Å². The molecule has 7 heteroatoms. The summed E-state index contributed by atoms with van der Waals surface area (Å²) >= 11 is 0. The molecular formula is C29H26N6O. The maximum Gasteiger partial charge on any atom is 0.253 e. The van der Waals surface area contributed by atoms with Gasteiger partial charge < -0.3 is 10.6 Å². The van der Waals surface area contributed by atoms with Gasteiger partial charge in [-0.2, -0.15) is 5.10 Å². The molecule has 0 aliphatic rings. The highest BCUT2D eigenvalue weighted by molar-refractivity contribution is 6.00. The predicted octanol–water partition coefficient (Wildman–Crippen LogP) is 5.81. The largest absolute Gasteiger partial charge is 0.355 e. The molecule has 0 bridgehead atoms. The van der Waals surface area contributed by atoms with Crippen molar-refractivity contribution >= 4 is 40.3 Å². The fourth-order valence-corrected chi connectivity index (χ4v) is 3.97. The second kappa shape index (κ2) is 10.2. The molecule has 0 spiro atoms. The number of anilines is 2. The first kappa shape index (κ1) is 23.0. The van der Waals surface area contributed by atoms with E-state index in [4.69, 9.17) is 0 Å². The van der Waals surface area contributed by atoms with Crippen LogP contribution in [-0.4, -0.2) is 26.1 Å². The molecule has 5 aromatic rings. The number of nitrogens with zero attached hydrogens (tertiary/aromatic N) is 3. The van der Waals surface area contributed by atoms with Gasteiger partial charge in [-0.25, -0.2) is 0 Å². The van der Waals surface area contributed by atoms with Gasteiger partial charge in [0, 0.05) is 23.0 Å². The van der Waals surface area contributed by atoms with Crippen LogP contribution in [0.2, 0.25) is 0 Å². The number of aryl methyl sites for hydroxylation is 2. The highest BCUT2D eigenvalue weighted by Gasteiger charge is 2.12. The molecule has 0 saturated carbocycles. The number of hydrogen-bond acceptors (Lipinski definition) is 5. The van der Waals surface area contributed by atoms with Crippen molar-refractivity contribution in [2.75, 3.05) is 5.32 Å². The number of pyridine rings is 2. The average molecular weight is 475 g/mol. The second-order valence-electron chi connectivity index (χ2n) is 8.58. The molecule has 0 fully saturated rings. The smallest absolute Gasteiger partial charge is 0.253 e. The topological polar surface area (TPSA) is 95.6 Å². The van der Waals surface area contributed by atoms with Crippen LogP contribution < -0.4 is 10.6 Å². The van der Waals surface area contributed by atoms with Crippen LogP contribution in [0.25, 0.3) is 23.1 Å². The van der Waals surface area contributed by atoms with E-state index in [2.05, 4.69) is 30.8 Å². The number of H-pyrrole nitrogens is 1. The Labute approximate surface area is 209 Å². The van der Waals surface area contributed by atoms with Crippen molar-refractivity contribution in [3.8, 4) is 0 Å². The quantitative estimate of drug-likeness (QED) is 0.276. The third kappa shape index (κ3) is 5.31. The van der Waals surface area contributed by atoms with E-state index in [-0.39, 0.29) is 5.91 Å². The van der Waals surface area contributed by atoms with Crippen LogP contribution in [0.3, 0.4) is 0 Å². The Morgan fingerprint density at radius 2 is 1.86 bits per heavy atom. The van der Waals surface area contributed by atoms with E-state index < -0.39 is 0 Å². The molecule has 0 aliphatic heterocycles. The van der Waals surface area contributed by atoms with E-state index in [1.54, 1.807) is 12.3 Å². The zero-order chi connectivity index (χ0) is 24.9. The van der Waals surface area contributed by atoms with Crippen molar-refractivity contribution < 1.29 is 4.79 Å². The Morgan fingerprint density at radius 1 is 0.972 bits per heavy atom. The number of nitrogens with one attached hydrogen (secondary N) is 3. The fourth-order valence-electron chi connectivity index (χ4n) is 3.97. The lowest BCUT2D eigenvalue weighted by atomic mass is 10.1. The molecule has 1 amide bonds. The number of hydrogen-bond donors (Lipinski definition) is 3. The standard InChI is InChI=1S/C29H26N6O/c1-19-14-15-30-21(16-19)11-13-27-24-12-10-22(17-28(24)35-34-27)33-26-9-4-3-8-25(26)29(36)31-18-23-7-5-6-20(2)32-23/h3-17,33H,18H2,1-2H3,(H,31,36)(H,34,35). The summed E-state index contributed by atoms with van der Waals surface area (Å²) in [6, 6.07) is 23.2. The monoisotopic (exact) mass is 474 g/mol. The van der Waals surface area contributed by atoms with Gasteiger partial charge in [-0.1, -0.05) is 18.2 Å². The lowest BCUT2D eigenvalue weighted by Gasteiger charge is -2.12. The van der Waals surface area contributed by atoms with Crippen molar-refractivity contribution in [3.63, 3.8) is 0 Å². The van der Waals surface area contributed by atoms with Crippen LogP contribution in [0.5, 0.6) is 0 Å². The van der Waals surface area contributed by atoms with Gasteiger partial charge in [0.15, 0.2) is 0 Å². The van der Waals surface area contributed by atoms with Crippen LogP contribution in [0, 0.1) is 13.8 Å². The summed E-state index contributed by atoms with van der Waals surface area (Å²) in [6.07, 6.45) is 5.71. The molecule has 0 saturated heterocycles.